The molecular weight excluding hydrogens is 242 g/mol. The van der Waals surface area contributed by atoms with Crippen molar-refractivity contribution in [1.82, 2.24) is 4.98 Å². The van der Waals surface area contributed by atoms with Crippen LogP contribution in [0.2, 0.25) is 0 Å². The standard InChI is InChI=1S/C15H19NO3/c1-9-13(15(2,3)8-12(17)18)10-6-5-7-11(19-4)14(10)16-9/h5-7,16H,8H2,1-4H3,(H,17,18). The van der Waals surface area contributed by atoms with Gasteiger partial charge in [0, 0.05) is 16.5 Å². The van der Waals surface area contributed by atoms with E-state index < -0.39 is 11.4 Å². The number of ether oxygens (including phenoxy) is 1. The van der Waals surface area contributed by atoms with E-state index in [0.717, 1.165) is 27.9 Å². The number of nitrogens with one attached hydrogen (secondary N) is 1. The fraction of sp³-hybridized carbons (Fsp3) is 0.400. The molecule has 0 saturated heterocycles. The van der Waals surface area contributed by atoms with Crippen molar-refractivity contribution >= 4 is 16.9 Å². The van der Waals surface area contributed by atoms with E-state index in [2.05, 4.69) is 4.98 Å². The van der Waals surface area contributed by atoms with Crippen LogP contribution in [0.15, 0.2) is 18.2 Å². The molecule has 2 rings (SSSR count). The van der Waals surface area contributed by atoms with Crippen LogP contribution >= 0.6 is 0 Å². The number of aryl methyl sites for hydroxylation is 1. The van der Waals surface area contributed by atoms with Gasteiger partial charge in [-0.2, -0.15) is 0 Å². The maximum Gasteiger partial charge on any atom is 0.304 e. The highest BCUT2D eigenvalue weighted by Gasteiger charge is 2.29. The Balaban J connectivity index is 2.67. The number of rotatable bonds is 4. The quantitative estimate of drug-likeness (QED) is 0.888. The minimum Gasteiger partial charge on any atom is -0.495 e. The van der Waals surface area contributed by atoms with Crippen molar-refractivity contribution < 1.29 is 14.6 Å². The molecule has 2 aromatic rings. The summed E-state index contributed by atoms with van der Waals surface area (Å²) >= 11 is 0. The third kappa shape index (κ3) is 2.30. The van der Waals surface area contributed by atoms with Crippen LogP contribution in [0, 0.1) is 6.92 Å². The molecule has 1 aromatic heterocycles. The van der Waals surface area contributed by atoms with Crippen LogP contribution in [0.25, 0.3) is 10.9 Å². The predicted molar refractivity (Wildman–Crippen MR) is 74.9 cm³/mol. The SMILES string of the molecule is COc1cccc2c(C(C)(C)CC(=O)O)c(C)[nH]c12. The summed E-state index contributed by atoms with van der Waals surface area (Å²) in [6.07, 6.45) is 0.0952. The molecular formula is C15H19NO3. The van der Waals surface area contributed by atoms with Gasteiger partial charge in [-0.25, -0.2) is 0 Å². The lowest BCUT2D eigenvalue weighted by Gasteiger charge is -2.23. The molecule has 1 aromatic carbocycles. The van der Waals surface area contributed by atoms with Crippen LogP contribution in [-0.2, 0) is 10.2 Å². The van der Waals surface area contributed by atoms with Crippen molar-refractivity contribution in [2.45, 2.75) is 32.6 Å². The van der Waals surface area contributed by atoms with Crippen LogP contribution in [0.1, 0.15) is 31.5 Å². The monoisotopic (exact) mass is 261 g/mol. The predicted octanol–water partition coefficient (Wildman–Crippen LogP) is 3.24. The fourth-order valence-corrected chi connectivity index (χ4v) is 2.83. The molecule has 0 aliphatic rings. The first-order valence-corrected chi connectivity index (χ1v) is 6.24. The van der Waals surface area contributed by atoms with Gasteiger partial charge in [-0.15, -0.1) is 0 Å². The number of aliphatic carboxylic acids is 1. The van der Waals surface area contributed by atoms with Crippen molar-refractivity contribution in [1.29, 1.82) is 0 Å². The highest BCUT2D eigenvalue weighted by Crippen LogP contribution is 2.38. The third-order valence-corrected chi connectivity index (χ3v) is 3.47. The molecule has 0 radical (unpaired) electrons. The number of aromatic nitrogens is 1. The molecule has 4 heteroatoms. The van der Waals surface area contributed by atoms with E-state index in [1.54, 1.807) is 7.11 Å². The smallest absolute Gasteiger partial charge is 0.304 e. The molecule has 0 aliphatic carbocycles. The number of hydrogen-bond donors (Lipinski definition) is 2. The van der Waals surface area contributed by atoms with Gasteiger partial charge in [0.2, 0.25) is 0 Å². The summed E-state index contributed by atoms with van der Waals surface area (Å²) in [5, 5.41) is 10.1. The molecule has 2 N–H and O–H groups in total. The van der Waals surface area contributed by atoms with Gasteiger partial charge in [-0.3, -0.25) is 4.79 Å². The number of benzene rings is 1. The lowest BCUT2D eigenvalue weighted by Crippen LogP contribution is -2.22. The lowest BCUT2D eigenvalue weighted by atomic mass is 9.80. The van der Waals surface area contributed by atoms with Gasteiger partial charge >= 0.3 is 5.97 Å². The van der Waals surface area contributed by atoms with Gasteiger partial charge in [0.1, 0.15) is 5.75 Å². The van der Waals surface area contributed by atoms with Gasteiger partial charge < -0.3 is 14.8 Å². The maximum atomic E-state index is 11.0. The molecule has 0 fully saturated rings. The number of carbonyl (C=O) groups is 1. The van der Waals surface area contributed by atoms with E-state index in [-0.39, 0.29) is 6.42 Å². The van der Waals surface area contributed by atoms with Crippen molar-refractivity contribution in [3.8, 4) is 5.75 Å². The van der Waals surface area contributed by atoms with E-state index in [9.17, 15) is 4.79 Å². The molecule has 1 heterocycles. The van der Waals surface area contributed by atoms with Crippen LogP contribution in [0.4, 0.5) is 0 Å². The van der Waals surface area contributed by atoms with Crippen LogP contribution in [-0.4, -0.2) is 23.2 Å². The molecule has 0 aliphatic heterocycles. The minimum absolute atomic E-state index is 0.0952. The molecule has 102 valence electrons. The lowest BCUT2D eigenvalue weighted by molar-refractivity contribution is -0.138. The Bertz CT molecular complexity index is 626. The summed E-state index contributed by atoms with van der Waals surface area (Å²) in [6.45, 7) is 5.88. The summed E-state index contributed by atoms with van der Waals surface area (Å²) in [6, 6.07) is 5.82. The second-order valence-corrected chi connectivity index (χ2v) is 5.46. The van der Waals surface area contributed by atoms with Crippen LogP contribution in [0.3, 0.4) is 0 Å². The molecule has 0 unspecified atom stereocenters. The van der Waals surface area contributed by atoms with E-state index in [0.29, 0.717) is 0 Å². The van der Waals surface area contributed by atoms with Gasteiger partial charge in [0.25, 0.3) is 0 Å². The Hall–Kier alpha value is -1.97. The number of hydrogen-bond acceptors (Lipinski definition) is 2. The van der Waals surface area contributed by atoms with E-state index >= 15 is 0 Å². The van der Waals surface area contributed by atoms with Crippen LogP contribution < -0.4 is 4.74 Å². The molecule has 0 saturated carbocycles. The number of fused-ring (bicyclic) bond motifs is 1. The maximum absolute atomic E-state index is 11.0. The average molecular weight is 261 g/mol. The average Bonchev–Trinajstić information content (AvgIpc) is 2.63. The molecule has 0 amide bonds. The summed E-state index contributed by atoms with van der Waals surface area (Å²) in [5.41, 5.74) is 2.53. The van der Waals surface area contributed by atoms with Crippen molar-refractivity contribution in [3.05, 3.63) is 29.5 Å². The van der Waals surface area contributed by atoms with Crippen molar-refractivity contribution in [2.75, 3.05) is 7.11 Å². The Morgan fingerprint density at radius 1 is 1.42 bits per heavy atom. The number of carboxylic acid groups (broad SMARTS) is 1. The van der Waals surface area contributed by atoms with Crippen molar-refractivity contribution in [3.63, 3.8) is 0 Å². The first kappa shape index (κ1) is 13.5. The number of carboxylic acids is 1. The van der Waals surface area contributed by atoms with E-state index in [4.69, 9.17) is 9.84 Å². The fourth-order valence-electron chi connectivity index (χ4n) is 2.83. The molecule has 0 spiro atoms. The summed E-state index contributed by atoms with van der Waals surface area (Å²) < 4.78 is 5.34. The molecule has 0 bridgehead atoms. The number of para-hydroxylation sites is 1. The Morgan fingerprint density at radius 2 is 2.11 bits per heavy atom. The highest BCUT2D eigenvalue weighted by molar-refractivity contribution is 5.91. The van der Waals surface area contributed by atoms with E-state index in [1.807, 2.05) is 39.0 Å². The first-order valence-electron chi connectivity index (χ1n) is 6.24. The zero-order valence-electron chi connectivity index (χ0n) is 11.7. The summed E-state index contributed by atoms with van der Waals surface area (Å²) in [4.78, 5) is 14.4. The number of aromatic amines is 1. The summed E-state index contributed by atoms with van der Waals surface area (Å²) in [7, 11) is 1.63. The van der Waals surface area contributed by atoms with Crippen molar-refractivity contribution in [2.24, 2.45) is 0 Å². The molecule has 0 atom stereocenters. The summed E-state index contributed by atoms with van der Waals surface area (Å²) in [5.74, 6) is -0.0142. The molecule has 4 nitrogen and oxygen atoms in total. The third-order valence-electron chi connectivity index (χ3n) is 3.47. The topological polar surface area (TPSA) is 62.3 Å². The second-order valence-electron chi connectivity index (χ2n) is 5.46. The zero-order chi connectivity index (χ0) is 14.2. The number of methoxy groups -OCH3 is 1. The minimum atomic E-state index is -0.790. The van der Waals surface area contributed by atoms with Gasteiger partial charge in [0.15, 0.2) is 0 Å². The van der Waals surface area contributed by atoms with E-state index in [1.165, 1.54) is 0 Å². The van der Waals surface area contributed by atoms with Gasteiger partial charge in [0.05, 0.1) is 19.0 Å². The second kappa shape index (κ2) is 4.61. The molecule has 19 heavy (non-hydrogen) atoms. The zero-order valence-corrected chi connectivity index (χ0v) is 11.7. The Labute approximate surface area is 112 Å². The Kier molecular flexibility index (Phi) is 3.27. The van der Waals surface area contributed by atoms with Gasteiger partial charge in [-0.1, -0.05) is 26.0 Å². The van der Waals surface area contributed by atoms with Gasteiger partial charge in [-0.05, 0) is 18.6 Å². The highest BCUT2D eigenvalue weighted by atomic mass is 16.5. The Morgan fingerprint density at radius 3 is 2.68 bits per heavy atom. The number of H-pyrrole nitrogens is 1. The first-order chi connectivity index (χ1) is 8.86. The van der Waals surface area contributed by atoms with Crippen LogP contribution in [0.5, 0.6) is 5.75 Å². The largest absolute Gasteiger partial charge is 0.495 e. The normalized spacial score (nSPS) is 11.8.